The molecule has 3 aromatic rings. The monoisotopic (exact) mass is 355 g/mol. The van der Waals surface area contributed by atoms with E-state index in [1.165, 1.54) is 18.9 Å². The second kappa shape index (κ2) is 8.34. The van der Waals surface area contributed by atoms with Gasteiger partial charge < -0.3 is 9.47 Å². The van der Waals surface area contributed by atoms with Gasteiger partial charge in [0.2, 0.25) is 0 Å². The van der Waals surface area contributed by atoms with Crippen LogP contribution in [0.2, 0.25) is 0 Å². The molecule has 0 aliphatic carbocycles. The van der Waals surface area contributed by atoms with E-state index in [4.69, 9.17) is 4.74 Å². The van der Waals surface area contributed by atoms with Crippen LogP contribution in [0.15, 0.2) is 65.7 Å². The minimum atomic E-state index is -0.244. The highest BCUT2D eigenvalue weighted by molar-refractivity contribution is 8.00. The van der Waals surface area contributed by atoms with Crippen molar-refractivity contribution in [2.75, 3.05) is 12.9 Å². The Kier molecular flexibility index (Phi) is 5.69. The molecule has 0 spiro atoms. The van der Waals surface area contributed by atoms with Gasteiger partial charge in [-0.15, -0.1) is 16.9 Å². The van der Waals surface area contributed by atoms with Crippen LogP contribution in [0.1, 0.15) is 5.69 Å². The van der Waals surface area contributed by atoms with Gasteiger partial charge in [0.25, 0.3) is 0 Å². The van der Waals surface area contributed by atoms with Crippen LogP contribution >= 0.6 is 11.8 Å². The molecule has 1 aromatic heterocycles. The number of esters is 1. The molecule has 3 rings (SSSR count). The van der Waals surface area contributed by atoms with Crippen LogP contribution in [0.5, 0.6) is 5.75 Å². The van der Waals surface area contributed by atoms with Gasteiger partial charge in [-0.3, -0.25) is 4.79 Å². The molecule has 0 unspecified atom stereocenters. The molecule has 0 atom stereocenters. The zero-order chi connectivity index (χ0) is 17.5. The highest BCUT2D eigenvalue weighted by atomic mass is 32.2. The summed E-state index contributed by atoms with van der Waals surface area (Å²) in [4.78, 5) is 13.7. The van der Waals surface area contributed by atoms with Gasteiger partial charge in [0.05, 0.1) is 24.7 Å². The quantitative estimate of drug-likeness (QED) is 0.479. The molecule has 2 aromatic carbocycles. The van der Waals surface area contributed by atoms with Crippen molar-refractivity contribution in [3.8, 4) is 11.4 Å². The molecule has 0 radical (unpaired) electrons. The van der Waals surface area contributed by atoms with E-state index in [-0.39, 0.29) is 5.97 Å². The molecular weight excluding hydrogens is 338 g/mol. The lowest BCUT2D eigenvalue weighted by atomic mass is 10.3. The van der Waals surface area contributed by atoms with Gasteiger partial charge in [-0.1, -0.05) is 18.2 Å². The summed E-state index contributed by atoms with van der Waals surface area (Å²) in [6, 6.07) is 17.2. The zero-order valence-corrected chi connectivity index (χ0v) is 14.5. The Bertz CT molecular complexity index is 819. The third-order valence-corrected chi connectivity index (χ3v) is 4.31. The average molecular weight is 355 g/mol. The minimum absolute atomic E-state index is 0.244. The van der Waals surface area contributed by atoms with E-state index in [1.54, 1.807) is 11.0 Å². The Morgan fingerprint density at radius 1 is 1.12 bits per heavy atom. The highest BCUT2D eigenvalue weighted by Gasteiger charge is 2.05. The molecule has 0 aliphatic rings. The van der Waals surface area contributed by atoms with Crippen LogP contribution in [0.3, 0.4) is 0 Å². The third-order valence-electron chi connectivity index (χ3n) is 3.32. The van der Waals surface area contributed by atoms with Crippen LogP contribution in [0.25, 0.3) is 5.69 Å². The van der Waals surface area contributed by atoms with Gasteiger partial charge in [0, 0.05) is 4.90 Å². The molecule has 1 heterocycles. The van der Waals surface area contributed by atoms with Crippen LogP contribution in [0.4, 0.5) is 0 Å². The van der Waals surface area contributed by atoms with Gasteiger partial charge in [0.15, 0.2) is 0 Å². The number of methoxy groups -OCH3 is 1. The maximum Gasteiger partial charge on any atom is 0.315 e. The summed E-state index contributed by atoms with van der Waals surface area (Å²) >= 11 is 1.42. The number of hydrogen-bond acceptors (Lipinski definition) is 6. The number of para-hydroxylation sites is 1. The van der Waals surface area contributed by atoms with Crippen molar-refractivity contribution in [3.05, 3.63) is 66.5 Å². The Balaban J connectivity index is 1.53. The lowest BCUT2D eigenvalue weighted by molar-refractivity contribution is -0.137. The first-order valence-corrected chi connectivity index (χ1v) is 8.62. The number of hydrogen-bond donors (Lipinski definition) is 0. The molecule has 0 N–H and O–H groups in total. The maximum absolute atomic E-state index is 11.1. The van der Waals surface area contributed by atoms with E-state index >= 15 is 0 Å². The summed E-state index contributed by atoms with van der Waals surface area (Å²) in [5.41, 5.74) is 1.65. The van der Waals surface area contributed by atoms with Crippen LogP contribution in [-0.2, 0) is 16.1 Å². The Morgan fingerprint density at radius 2 is 1.88 bits per heavy atom. The van der Waals surface area contributed by atoms with Crippen molar-refractivity contribution in [3.63, 3.8) is 0 Å². The molecule has 0 fully saturated rings. The van der Waals surface area contributed by atoms with Crippen LogP contribution < -0.4 is 4.74 Å². The molecule has 0 aliphatic heterocycles. The van der Waals surface area contributed by atoms with Crippen LogP contribution in [-0.4, -0.2) is 33.8 Å². The number of ether oxygens (including phenoxy) is 2. The van der Waals surface area contributed by atoms with E-state index in [9.17, 15) is 4.79 Å². The lowest BCUT2D eigenvalue weighted by Gasteiger charge is -2.05. The fraction of sp³-hybridized carbons (Fsp3) is 0.167. The standard InChI is InChI=1S/C18H17N3O3S/c1-23-18(22)13-25-17-9-7-16(8-10-17)24-12-14-11-19-21(20-14)15-5-3-2-4-6-15/h2-11H,12-13H2,1H3. The minimum Gasteiger partial charge on any atom is -0.487 e. The summed E-state index contributed by atoms with van der Waals surface area (Å²) in [6.45, 7) is 0.335. The van der Waals surface area contributed by atoms with Gasteiger partial charge >= 0.3 is 5.97 Å². The maximum atomic E-state index is 11.1. The summed E-state index contributed by atoms with van der Waals surface area (Å²) in [7, 11) is 1.38. The average Bonchev–Trinajstić information content (AvgIpc) is 3.15. The number of nitrogens with zero attached hydrogens (tertiary/aromatic N) is 3. The second-order valence-corrected chi connectivity index (χ2v) is 6.13. The van der Waals surface area contributed by atoms with E-state index in [0.717, 1.165) is 22.0 Å². The Hall–Kier alpha value is -2.80. The number of aromatic nitrogens is 3. The molecular formula is C18H17N3O3S. The van der Waals surface area contributed by atoms with Gasteiger partial charge in [-0.25, -0.2) is 0 Å². The Morgan fingerprint density at radius 3 is 2.60 bits per heavy atom. The number of carbonyl (C=O) groups excluding carboxylic acids is 1. The van der Waals surface area contributed by atoms with Gasteiger partial charge in [-0.2, -0.15) is 9.90 Å². The first kappa shape index (κ1) is 17.0. The summed E-state index contributed by atoms with van der Waals surface area (Å²) in [5.74, 6) is 0.780. The topological polar surface area (TPSA) is 66.2 Å². The van der Waals surface area contributed by atoms with Gasteiger partial charge in [-0.05, 0) is 36.4 Å². The lowest BCUT2D eigenvalue weighted by Crippen LogP contribution is -2.02. The number of thioether (sulfide) groups is 1. The molecule has 0 saturated heterocycles. The van der Waals surface area contributed by atoms with Crippen molar-refractivity contribution in [1.29, 1.82) is 0 Å². The predicted molar refractivity (Wildman–Crippen MR) is 94.9 cm³/mol. The van der Waals surface area contributed by atoms with E-state index < -0.39 is 0 Å². The molecule has 6 nitrogen and oxygen atoms in total. The molecule has 7 heteroatoms. The van der Waals surface area contributed by atoms with Crippen LogP contribution in [0, 0.1) is 0 Å². The second-order valence-electron chi connectivity index (χ2n) is 5.09. The van der Waals surface area contributed by atoms with Crippen molar-refractivity contribution in [1.82, 2.24) is 15.0 Å². The van der Waals surface area contributed by atoms with E-state index in [0.29, 0.717) is 12.4 Å². The van der Waals surface area contributed by atoms with Crippen molar-refractivity contribution >= 4 is 17.7 Å². The molecule has 128 valence electrons. The highest BCUT2D eigenvalue weighted by Crippen LogP contribution is 2.22. The first-order chi connectivity index (χ1) is 12.2. The fourth-order valence-electron chi connectivity index (χ4n) is 2.04. The van der Waals surface area contributed by atoms with Gasteiger partial charge in [0.1, 0.15) is 18.1 Å². The zero-order valence-electron chi connectivity index (χ0n) is 13.7. The number of benzene rings is 2. The van der Waals surface area contributed by atoms with Crippen molar-refractivity contribution < 1.29 is 14.3 Å². The molecule has 0 amide bonds. The number of carbonyl (C=O) groups is 1. The Labute approximate surface area is 149 Å². The van der Waals surface area contributed by atoms with E-state index in [1.807, 2.05) is 54.6 Å². The first-order valence-electron chi connectivity index (χ1n) is 7.64. The third kappa shape index (κ3) is 4.84. The number of rotatable bonds is 7. The van der Waals surface area contributed by atoms with Crippen molar-refractivity contribution in [2.24, 2.45) is 0 Å². The molecule has 0 bridgehead atoms. The SMILES string of the molecule is COC(=O)CSc1ccc(OCc2cnn(-c3ccccc3)n2)cc1. The van der Waals surface area contributed by atoms with E-state index in [2.05, 4.69) is 14.9 Å². The normalized spacial score (nSPS) is 10.4. The summed E-state index contributed by atoms with van der Waals surface area (Å²) < 4.78 is 10.3. The smallest absolute Gasteiger partial charge is 0.315 e. The predicted octanol–water partition coefficient (Wildman–Crippen LogP) is 3.11. The molecule has 25 heavy (non-hydrogen) atoms. The van der Waals surface area contributed by atoms with Crippen molar-refractivity contribution in [2.45, 2.75) is 11.5 Å². The summed E-state index contributed by atoms with van der Waals surface area (Å²) in [5, 5.41) is 8.64. The largest absolute Gasteiger partial charge is 0.487 e. The fourth-order valence-corrected chi connectivity index (χ4v) is 2.77. The molecule has 0 saturated carbocycles. The summed E-state index contributed by atoms with van der Waals surface area (Å²) in [6.07, 6.45) is 1.69.